The van der Waals surface area contributed by atoms with Gasteiger partial charge in [0.25, 0.3) is 0 Å². The second kappa shape index (κ2) is 4.21. The molecule has 0 unspecified atom stereocenters. The molecule has 3 aliphatic rings. The molecule has 0 bridgehead atoms. The Hall–Kier alpha value is -0.0800. The first-order valence-corrected chi connectivity index (χ1v) is 7.87. The maximum Gasteiger partial charge on any atom is 0.0702 e. The highest BCUT2D eigenvalue weighted by atomic mass is 16.3. The lowest BCUT2D eigenvalue weighted by molar-refractivity contribution is -0.301. The Morgan fingerprint density at radius 2 is 0.944 bits per heavy atom. The van der Waals surface area contributed by atoms with Gasteiger partial charge in [-0.25, -0.2) is 0 Å². The zero-order chi connectivity index (χ0) is 13.0. The van der Waals surface area contributed by atoms with Crippen molar-refractivity contribution in [2.75, 3.05) is 0 Å². The van der Waals surface area contributed by atoms with E-state index in [1.165, 1.54) is 25.7 Å². The summed E-state index contributed by atoms with van der Waals surface area (Å²) in [6, 6.07) is 0. The van der Waals surface area contributed by atoms with Crippen LogP contribution in [-0.2, 0) is 0 Å². The lowest BCUT2D eigenvalue weighted by Gasteiger charge is -2.68. The van der Waals surface area contributed by atoms with Crippen molar-refractivity contribution in [2.24, 2.45) is 22.7 Å². The molecule has 2 spiro atoms. The summed E-state index contributed by atoms with van der Waals surface area (Å²) < 4.78 is 0. The average Bonchev–Trinajstić information content (AvgIpc) is 2.40. The summed E-state index contributed by atoms with van der Waals surface area (Å²) in [5, 5.41) is 21.6. The molecule has 0 aromatic rings. The van der Waals surface area contributed by atoms with Crippen molar-refractivity contribution < 1.29 is 10.2 Å². The van der Waals surface area contributed by atoms with Crippen molar-refractivity contribution in [3.63, 3.8) is 0 Å². The van der Waals surface area contributed by atoms with Gasteiger partial charge in [-0.05, 0) is 63.2 Å². The van der Waals surface area contributed by atoms with Crippen LogP contribution < -0.4 is 0 Å². The Morgan fingerprint density at radius 1 is 0.667 bits per heavy atom. The summed E-state index contributed by atoms with van der Waals surface area (Å²) in [6.07, 6.45) is 8.39. The highest BCUT2D eigenvalue weighted by molar-refractivity contribution is 5.19. The first-order chi connectivity index (χ1) is 8.51. The molecule has 0 aromatic heterocycles. The molecular formula is C16H28O2. The average molecular weight is 252 g/mol. The van der Waals surface area contributed by atoms with E-state index in [1.54, 1.807) is 0 Å². The SMILES string of the molecule is CC1CCC2(CC1)C(O)C1(CCC(C)CC1)C2O. The van der Waals surface area contributed by atoms with E-state index in [2.05, 4.69) is 13.8 Å². The molecule has 3 aliphatic carbocycles. The lowest BCUT2D eigenvalue weighted by atomic mass is 9.40. The largest absolute Gasteiger partial charge is 0.392 e. The molecule has 104 valence electrons. The number of aliphatic hydroxyl groups is 2. The molecule has 18 heavy (non-hydrogen) atoms. The van der Waals surface area contributed by atoms with Crippen molar-refractivity contribution in [3.05, 3.63) is 0 Å². The van der Waals surface area contributed by atoms with Gasteiger partial charge in [0.15, 0.2) is 0 Å². The third-order valence-electron chi connectivity index (χ3n) is 6.59. The van der Waals surface area contributed by atoms with Crippen LogP contribution in [0.2, 0.25) is 0 Å². The molecule has 3 fully saturated rings. The number of hydrogen-bond donors (Lipinski definition) is 2. The van der Waals surface area contributed by atoms with Gasteiger partial charge in [-0.2, -0.15) is 0 Å². The van der Waals surface area contributed by atoms with E-state index in [1.807, 2.05) is 0 Å². The summed E-state index contributed by atoms with van der Waals surface area (Å²) in [5.41, 5.74) is -0.264. The molecule has 0 heterocycles. The van der Waals surface area contributed by atoms with E-state index in [9.17, 15) is 10.2 Å². The molecule has 2 N–H and O–H groups in total. The van der Waals surface area contributed by atoms with Crippen LogP contribution in [0.15, 0.2) is 0 Å². The van der Waals surface area contributed by atoms with E-state index in [0.717, 1.165) is 37.5 Å². The van der Waals surface area contributed by atoms with Gasteiger partial charge in [-0.1, -0.05) is 13.8 Å². The molecule has 2 heteroatoms. The van der Waals surface area contributed by atoms with E-state index in [4.69, 9.17) is 0 Å². The summed E-state index contributed by atoms with van der Waals surface area (Å²) in [5.74, 6) is 1.55. The zero-order valence-corrected chi connectivity index (χ0v) is 11.9. The van der Waals surface area contributed by atoms with Crippen LogP contribution in [0.1, 0.15) is 65.2 Å². The number of rotatable bonds is 0. The van der Waals surface area contributed by atoms with Crippen LogP contribution in [0.3, 0.4) is 0 Å². The fourth-order valence-corrected chi connectivity index (χ4v) is 5.04. The smallest absolute Gasteiger partial charge is 0.0702 e. The Labute approximate surface area is 111 Å². The maximum absolute atomic E-state index is 10.8. The Balaban J connectivity index is 1.75. The lowest BCUT2D eigenvalue weighted by Crippen LogP contribution is -2.73. The quantitative estimate of drug-likeness (QED) is 0.695. The van der Waals surface area contributed by atoms with Crippen LogP contribution in [-0.4, -0.2) is 22.4 Å². The molecular weight excluding hydrogens is 224 g/mol. The van der Waals surface area contributed by atoms with E-state index in [-0.39, 0.29) is 23.0 Å². The Bertz CT molecular complexity index is 265. The summed E-state index contributed by atoms with van der Waals surface area (Å²) in [7, 11) is 0. The molecule has 0 aliphatic heterocycles. The summed E-state index contributed by atoms with van der Waals surface area (Å²) >= 11 is 0. The van der Waals surface area contributed by atoms with Gasteiger partial charge < -0.3 is 10.2 Å². The normalized spacial score (nSPS) is 56.7. The molecule has 0 saturated heterocycles. The highest BCUT2D eigenvalue weighted by Crippen LogP contribution is 2.66. The van der Waals surface area contributed by atoms with Gasteiger partial charge >= 0.3 is 0 Å². The number of aliphatic hydroxyl groups excluding tert-OH is 2. The Kier molecular flexibility index (Phi) is 3.02. The van der Waals surface area contributed by atoms with E-state index in [0.29, 0.717) is 0 Å². The molecule has 3 rings (SSSR count). The van der Waals surface area contributed by atoms with Gasteiger partial charge in [0, 0.05) is 10.8 Å². The first-order valence-electron chi connectivity index (χ1n) is 7.87. The number of hydrogen-bond acceptors (Lipinski definition) is 2. The van der Waals surface area contributed by atoms with Gasteiger partial charge in [0.1, 0.15) is 0 Å². The van der Waals surface area contributed by atoms with Gasteiger partial charge in [0.2, 0.25) is 0 Å². The fourth-order valence-electron chi connectivity index (χ4n) is 5.04. The molecule has 3 saturated carbocycles. The standard InChI is InChI=1S/C16H28O2/c1-11-3-7-15(8-4-11)13(17)16(14(15)18)9-5-12(2)6-10-16/h11-14,17-18H,3-10H2,1-2H3. The van der Waals surface area contributed by atoms with Crippen molar-refractivity contribution >= 4 is 0 Å². The minimum Gasteiger partial charge on any atom is -0.392 e. The fraction of sp³-hybridized carbons (Fsp3) is 1.00. The maximum atomic E-state index is 10.8. The van der Waals surface area contributed by atoms with Crippen molar-refractivity contribution in [1.82, 2.24) is 0 Å². The molecule has 0 aromatic carbocycles. The highest BCUT2D eigenvalue weighted by Gasteiger charge is 2.69. The van der Waals surface area contributed by atoms with Crippen LogP contribution in [0.4, 0.5) is 0 Å². The summed E-state index contributed by atoms with van der Waals surface area (Å²) in [4.78, 5) is 0. The minimum absolute atomic E-state index is 0.132. The van der Waals surface area contributed by atoms with E-state index >= 15 is 0 Å². The third kappa shape index (κ3) is 1.54. The molecule has 2 nitrogen and oxygen atoms in total. The van der Waals surface area contributed by atoms with Crippen LogP contribution in [0, 0.1) is 22.7 Å². The first kappa shape index (κ1) is 12.9. The third-order valence-corrected chi connectivity index (χ3v) is 6.59. The second-order valence-electron chi connectivity index (χ2n) is 7.64. The molecule has 0 atom stereocenters. The van der Waals surface area contributed by atoms with Crippen molar-refractivity contribution in [3.8, 4) is 0 Å². The van der Waals surface area contributed by atoms with Gasteiger partial charge in [0.05, 0.1) is 12.2 Å². The topological polar surface area (TPSA) is 40.5 Å². The van der Waals surface area contributed by atoms with E-state index < -0.39 is 0 Å². The predicted octanol–water partition coefficient (Wildman–Crippen LogP) is 3.11. The summed E-state index contributed by atoms with van der Waals surface area (Å²) in [6.45, 7) is 4.59. The predicted molar refractivity (Wildman–Crippen MR) is 72.1 cm³/mol. The van der Waals surface area contributed by atoms with Crippen LogP contribution >= 0.6 is 0 Å². The minimum atomic E-state index is -0.236. The van der Waals surface area contributed by atoms with Crippen molar-refractivity contribution in [1.29, 1.82) is 0 Å². The zero-order valence-electron chi connectivity index (χ0n) is 11.9. The van der Waals surface area contributed by atoms with Crippen LogP contribution in [0.25, 0.3) is 0 Å². The van der Waals surface area contributed by atoms with Crippen molar-refractivity contribution in [2.45, 2.75) is 77.4 Å². The second-order valence-corrected chi connectivity index (χ2v) is 7.64. The monoisotopic (exact) mass is 252 g/mol. The van der Waals surface area contributed by atoms with Crippen LogP contribution in [0.5, 0.6) is 0 Å². The van der Waals surface area contributed by atoms with Gasteiger partial charge in [-0.15, -0.1) is 0 Å². The Morgan fingerprint density at radius 3 is 1.22 bits per heavy atom. The van der Waals surface area contributed by atoms with Gasteiger partial charge in [-0.3, -0.25) is 0 Å². The molecule has 0 radical (unpaired) electrons. The molecule has 0 amide bonds.